The van der Waals surface area contributed by atoms with Gasteiger partial charge in [-0.05, 0) is 30.7 Å². The lowest BCUT2D eigenvalue weighted by atomic mass is 10.1. The van der Waals surface area contributed by atoms with Gasteiger partial charge in [-0.2, -0.15) is 0 Å². The molecule has 0 saturated carbocycles. The third kappa shape index (κ3) is 3.45. The second kappa shape index (κ2) is 6.20. The lowest BCUT2D eigenvalue weighted by Gasteiger charge is -2.18. The molecule has 0 bridgehead atoms. The lowest BCUT2D eigenvalue weighted by Crippen LogP contribution is -2.15. The van der Waals surface area contributed by atoms with Crippen LogP contribution in [-0.2, 0) is 0 Å². The fraction of sp³-hybridized carbons (Fsp3) is 0.267. The van der Waals surface area contributed by atoms with Crippen molar-refractivity contribution in [1.82, 2.24) is 4.98 Å². The molecule has 0 radical (unpaired) electrons. The molecule has 2 rings (SSSR count). The maximum atomic E-state index is 9.52. The summed E-state index contributed by atoms with van der Waals surface area (Å²) in [5, 5.41) is 12.8. The minimum atomic E-state index is -0.180. The van der Waals surface area contributed by atoms with E-state index in [2.05, 4.69) is 10.3 Å². The van der Waals surface area contributed by atoms with E-state index in [0.29, 0.717) is 0 Å². The second-order valence-electron chi connectivity index (χ2n) is 4.34. The van der Waals surface area contributed by atoms with Crippen LogP contribution in [0.1, 0.15) is 17.3 Å². The second-order valence-corrected chi connectivity index (χ2v) is 4.34. The average molecular weight is 258 g/mol. The van der Waals surface area contributed by atoms with Crippen molar-refractivity contribution < 1.29 is 9.84 Å². The number of benzene rings is 1. The van der Waals surface area contributed by atoms with Crippen molar-refractivity contribution in [3.05, 3.63) is 53.9 Å². The number of aromatic nitrogens is 1. The summed E-state index contributed by atoms with van der Waals surface area (Å²) in [7, 11) is 1.63. The normalized spacial score (nSPS) is 11.9. The average Bonchev–Trinajstić information content (AvgIpc) is 2.46. The van der Waals surface area contributed by atoms with Gasteiger partial charge in [0.2, 0.25) is 0 Å². The highest BCUT2D eigenvalue weighted by atomic mass is 16.5. The fourth-order valence-electron chi connectivity index (χ4n) is 1.83. The van der Waals surface area contributed by atoms with Crippen molar-refractivity contribution >= 4 is 5.69 Å². The van der Waals surface area contributed by atoms with Gasteiger partial charge in [-0.3, -0.25) is 4.98 Å². The van der Waals surface area contributed by atoms with Crippen LogP contribution in [0.15, 0.2) is 42.6 Å². The Morgan fingerprint density at radius 1 is 1.32 bits per heavy atom. The molecule has 2 N–H and O–H groups in total. The molecule has 0 spiro atoms. The molecule has 1 unspecified atom stereocenters. The summed E-state index contributed by atoms with van der Waals surface area (Å²) in [6, 6.07) is 11.3. The summed E-state index contributed by atoms with van der Waals surface area (Å²) in [5.41, 5.74) is 2.82. The molecule has 1 atom stereocenters. The number of anilines is 1. The van der Waals surface area contributed by atoms with Crippen LogP contribution in [0.5, 0.6) is 5.75 Å². The number of aliphatic hydroxyl groups is 1. The smallest absolute Gasteiger partial charge is 0.120 e. The van der Waals surface area contributed by atoms with Gasteiger partial charge in [-0.25, -0.2) is 0 Å². The molecule has 0 fully saturated rings. The van der Waals surface area contributed by atoms with E-state index in [1.54, 1.807) is 13.3 Å². The summed E-state index contributed by atoms with van der Waals surface area (Å²) in [5.74, 6) is 0.781. The topological polar surface area (TPSA) is 54.4 Å². The molecule has 19 heavy (non-hydrogen) atoms. The number of nitrogens with one attached hydrogen (secondary N) is 1. The monoisotopic (exact) mass is 258 g/mol. The number of nitrogens with zero attached hydrogens (tertiary/aromatic N) is 1. The highest BCUT2D eigenvalue weighted by Gasteiger charge is 2.10. The Labute approximate surface area is 113 Å². The van der Waals surface area contributed by atoms with E-state index in [9.17, 15) is 5.11 Å². The molecule has 0 aliphatic heterocycles. The summed E-state index contributed by atoms with van der Waals surface area (Å²) in [4.78, 5) is 4.25. The Hall–Kier alpha value is -2.07. The van der Waals surface area contributed by atoms with E-state index < -0.39 is 0 Å². The third-order valence-corrected chi connectivity index (χ3v) is 2.93. The SMILES string of the molecule is COc1cccc(NC(CO)c2ccc(C)nc2)c1. The van der Waals surface area contributed by atoms with Crippen LogP contribution in [0.25, 0.3) is 0 Å². The number of hydrogen-bond donors (Lipinski definition) is 2. The first-order chi connectivity index (χ1) is 9.22. The van der Waals surface area contributed by atoms with Gasteiger partial charge in [0.1, 0.15) is 5.75 Å². The zero-order valence-corrected chi connectivity index (χ0v) is 11.1. The summed E-state index contributed by atoms with van der Waals surface area (Å²) >= 11 is 0. The molecule has 0 saturated heterocycles. The number of rotatable bonds is 5. The van der Waals surface area contributed by atoms with E-state index in [1.807, 2.05) is 43.3 Å². The maximum Gasteiger partial charge on any atom is 0.120 e. The van der Waals surface area contributed by atoms with Gasteiger partial charge in [-0.1, -0.05) is 12.1 Å². The van der Waals surface area contributed by atoms with Gasteiger partial charge in [-0.15, -0.1) is 0 Å². The quantitative estimate of drug-likeness (QED) is 0.865. The Morgan fingerprint density at radius 2 is 2.16 bits per heavy atom. The number of pyridine rings is 1. The minimum Gasteiger partial charge on any atom is -0.497 e. The number of aryl methyl sites for hydroxylation is 1. The van der Waals surface area contributed by atoms with Crippen LogP contribution in [0.4, 0.5) is 5.69 Å². The van der Waals surface area contributed by atoms with Crippen molar-refractivity contribution in [2.75, 3.05) is 19.0 Å². The molecule has 100 valence electrons. The summed E-state index contributed by atoms with van der Waals surface area (Å²) in [6.07, 6.45) is 1.78. The largest absolute Gasteiger partial charge is 0.497 e. The molecule has 0 aliphatic carbocycles. The van der Waals surface area contributed by atoms with Crippen LogP contribution in [0, 0.1) is 6.92 Å². The van der Waals surface area contributed by atoms with E-state index in [-0.39, 0.29) is 12.6 Å². The number of aliphatic hydroxyl groups excluding tert-OH is 1. The number of methoxy groups -OCH3 is 1. The van der Waals surface area contributed by atoms with Crippen molar-refractivity contribution in [2.45, 2.75) is 13.0 Å². The Balaban J connectivity index is 2.16. The lowest BCUT2D eigenvalue weighted by molar-refractivity contribution is 0.276. The summed E-state index contributed by atoms with van der Waals surface area (Å²) < 4.78 is 5.18. The molecule has 4 nitrogen and oxygen atoms in total. The third-order valence-electron chi connectivity index (χ3n) is 2.93. The van der Waals surface area contributed by atoms with Crippen LogP contribution >= 0.6 is 0 Å². The molecule has 4 heteroatoms. The van der Waals surface area contributed by atoms with Crippen molar-refractivity contribution in [2.24, 2.45) is 0 Å². The van der Waals surface area contributed by atoms with Crippen LogP contribution in [0.3, 0.4) is 0 Å². The van der Waals surface area contributed by atoms with Crippen LogP contribution in [0.2, 0.25) is 0 Å². The molecule has 1 aromatic carbocycles. The molecule has 1 heterocycles. The number of ether oxygens (including phenoxy) is 1. The predicted octanol–water partition coefficient (Wildman–Crippen LogP) is 2.54. The molecule has 2 aromatic rings. The Bertz CT molecular complexity index is 526. The van der Waals surface area contributed by atoms with E-state index in [0.717, 1.165) is 22.7 Å². The first-order valence-electron chi connectivity index (χ1n) is 6.17. The zero-order chi connectivity index (χ0) is 13.7. The van der Waals surface area contributed by atoms with Crippen molar-refractivity contribution in [3.8, 4) is 5.75 Å². The molecule has 0 aliphatic rings. The predicted molar refractivity (Wildman–Crippen MR) is 75.4 cm³/mol. The Morgan fingerprint density at radius 3 is 2.79 bits per heavy atom. The molecule has 1 aromatic heterocycles. The Kier molecular flexibility index (Phi) is 4.36. The van der Waals surface area contributed by atoms with Crippen LogP contribution < -0.4 is 10.1 Å². The molecule has 0 amide bonds. The van der Waals surface area contributed by atoms with Gasteiger partial charge < -0.3 is 15.2 Å². The standard InChI is InChI=1S/C15H18N2O2/c1-11-6-7-12(9-16-11)15(10-18)17-13-4-3-5-14(8-13)19-2/h3-9,15,17-18H,10H2,1-2H3. The van der Waals surface area contributed by atoms with Gasteiger partial charge in [0, 0.05) is 23.6 Å². The van der Waals surface area contributed by atoms with E-state index in [1.165, 1.54) is 0 Å². The van der Waals surface area contributed by atoms with Gasteiger partial charge in [0.05, 0.1) is 19.8 Å². The van der Waals surface area contributed by atoms with Gasteiger partial charge in [0.25, 0.3) is 0 Å². The van der Waals surface area contributed by atoms with Gasteiger partial charge >= 0.3 is 0 Å². The maximum absolute atomic E-state index is 9.52. The van der Waals surface area contributed by atoms with Crippen molar-refractivity contribution in [3.63, 3.8) is 0 Å². The summed E-state index contributed by atoms with van der Waals surface area (Å²) in [6.45, 7) is 1.94. The molecular formula is C15H18N2O2. The zero-order valence-electron chi connectivity index (χ0n) is 11.1. The minimum absolute atomic E-state index is 0.00194. The van der Waals surface area contributed by atoms with Crippen LogP contribution in [-0.4, -0.2) is 23.8 Å². The highest BCUT2D eigenvalue weighted by Crippen LogP contribution is 2.22. The van der Waals surface area contributed by atoms with Gasteiger partial charge in [0.15, 0.2) is 0 Å². The first-order valence-corrected chi connectivity index (χ1v) is 6.17. The fourth-order valence-corrected chi connectivity index (χ4v) is 1.83. The highest BCUT2D eigenvalue weighted by molar-refractivity contribution is 5.49. The van der Waals surface area contributed by atoms with E-state index >= 15 is 0 Å². The molecular weight excluding hydrogens is 240 g/mol. The van der Waals surface area contributed by atoms with E-state index in [4.69, 9.17) is 4.74 Å². The number of hydrogen-bond acceptors (Lipinski definition) is 4. The van der Waals surface area contributed by atoms with Crippen molar-refractivity contribution in [1.29, 1.82) is 0 Å². The first kappa shape index (κ1) is 13.4.